The number of aromatic nitrogens is 1. The fourth-order valence-corrected chi connectivity index (χ4v) is 7.84. The van der Waals surface area contributed by atoms with Gasteiger partial charge in [0.15, 0.2) is 8.32 Å². The molecule has 3 aromatic rings. The van der Waals surface area contributed by atoms with E-state index < -0.39 is 26.2 Å². The second kappa shape index (κ2) is 11.7. The largest absolute Gasteiger partial charge is 0.416 e. The highest BCUT2D eigenvalue weighted by molar-refractivity contribution is 6.72. The van der Waals surface area contributed by atoms with Crippen molar-refractivity contribution in [2.45, 2.75) is 109 Å². The summed E-state index contributed by atoms with van der Waals surface area (Å²) in [5.41, 5.74) is 4.70. The maximum Gasteiger partial charge on any atom is 0.416 e. The van der Waals surface area contributed by atoms with Gasteiger partial charge < -0.3 is 9.53 Å². The van der Waals surface area contributed by atoms with Gasteiger partial charge in [0.1, 0.15) is 11.9 Å². The number of hydrogen-bond acceptors (Lipinski definition) is 3. The monoisotopic (exact) mass is 613 g/mol. The topological polar surface area (TPSA) is 42.4 Å². The summed E-state index contributed by atoms with van der Waals surface area (Å²) < 4.78 is 61.5. The first-order chi connectivity index (χ1) is 20.1. The zero-order chi connectivity index (χ0) is 31.3. The molecular weight excluding hydrogens is 570 g/mol. The quantitative estimate of drug-likeness (QED) is 0.213. The molecule has 0 spiro atoms. The Hall–Kier alpha value is -2.55. The first kappa shape index (κ1) is 31.9. The fourth-order valence-electron chi connectivity index (χ4n) is 6.63. The first-order valence-corrected chi connectivity index (χ1v) is 18.4. The molecule has 43 heavy (non-hydrogen) atoms. The van der Waals surface area contributed by atoms with E-state index in [1.165, 1.54) is 24.3 Å². The molecule has 1 aromatic heterocycles. The molecule has 0 saturated heterocycles. The van der Waals surface area contributed by atoms with Crippen molar-refractivity contribution in [3.63, 3.8) is 0 Å². The van der Waals surface area contributed by atoms with Gasteiger partial charge in [0, 0.05) is 22.7 Å². The number of halogens is 4. The van der Waals surface area contributed by atoms with Gasteiger partial charge in [0.25, 0.3) is 0 Å². The summed E-state index contributed by atoms with van der Waals surface area (Å²) in [4.78, 5) is 5.34. The fraction of sp³-hybridized carbons (Fsp3) is 0.514. The Morgan fingerprint density at radius 2 is 1.58 bits per heavy atom. The number of fused-ring (bicyclic) bond motifs is 1. The van der Waals surface area contributed by atoms with E-state index in [4.69, 9.17) is 9.41 Å². The van der Waals surface area contributed by atoms with Crippen molar-refractivity contribution in [1.82, 2.24) is 4.98 Å². The van der Waals surface area contributed by atoms with Gasteiger partial charge in [-0.3, -0.25) is 4.98 Å². The number of benzene rings is 2. The maximum absolute atomic E-state index is 14.2. The number of rotatable bonds is 7. The molecule has 0 radical (unpaired) electrons. The Labute approximate surface area is 253 Å². The zero-order valence-corrected chi connectivity index (χ0v) is 27.0. The number of aliphatic hydroxyl groups excluding tert-OH is 1. The van der Waals surface area contributed by atoms with Crippen LogP contribution in [0.3, 0.4) is 0 Å². The van der Waals surface area contributed by atoms with Crippen molar-refractivity contribution in [3.8, 4) is 11.1 Å². The van der Waals surface area contributed by atoms with Crippen LogP contribution in [0, 0.1) is 11.2 Å². The van der Waals surface area contributed by atoms with Gasteiger partial charge in [-0.2, -0.15) is 13.2 Å². The molecule has 8 heteroatoms. The van der Waals surface area contributed by atoms with Crippen LogP contribution < -0.4 is 0 Å². The summed E-state index contributed by atoms with van der Waals surface area (Å²) in [5.74, 6) is -0.246. The molecule has 2 aromatic carbocycles. The van der Waals surface area contributed by atoms with Crippen molar-refractivity contribution in [3.05, 3.63) is 88.0 Å². The summed E-state index contributed by atoms with van der Waals surface area (Å²) in [6.07, 6.45) is -0.527. The summed E-state index contributed by atoms with van der Waals surface area (Å²) in [7, 11) is -2.16. The normalized spacial score (nSPS) is 20.0. The van der Waals surface area contributed by atoms with E-state index in [0.717, 1.165) is 78.7 Å². The molecule has 232 valence electrons. The molecule has 1 N–H and O–H groups in total. The third-order valence-electron chi connectivity index (χ3n) is 9.63. The van der Waals surface area contributed by atoms with E-state index in [1.54, 1.807) is 12.1 Å². The van der Waals surface area contributed by atoms with Crippen molar-refractivity contribution >= 4 is 8.32 Å². The molecule has 1 heterocycles. The number of hydrogen-bond donors (Lipinski definition) is 1. The SMILES string of the molecule is CC(C)[Si](C)(C)OC1CC(C)(C)Cc2nc(C3CCCC3)c(C(O)c3ccc(C(F)(F)F)cc3)c(-c3ccc(F)cc3)c21. The molecule has 2 atom stereocenters. The lowest BCUT2D eigenvalue weighted by atomic mass is 9.71. The number of nitrogens with zero attached hydrogens (tertiary/aromatic N) is 1. The first-order valence-electron chi connectivity index (χ1n) is 15.4. The van der Waals surface area contributed by atoms with Gasteiger partial charge in [0.2, 0.25) is 0 Å². The number of pyridine rings is 1. The van der Waals surface area contributed by atoms with Crippen LogP contribution in [0.5, 0.6) is 0 Å². The number of aliphatic hydroxyl groups is 1. The maximum atomic E-state index is 14.2. The van der Waals surface area contributed by atoms with Gasteiger partial charge in [-0.25, -0.2) is 4.39 Å². The van der Waals surface area contributed by atoms with E-state index in [9.17, 15) is 22.7 Å². The van der Waals surface area contributed by atoms with E-state index >= 15 is 0 Å². The Balaban J connectivity index is 1.81. The van der Waals surface area contributed by atoms with Crippen molar-refractivity contribution < 1.29 is 27.1 Å². The Morgan fingerprint density at radius 1 is 0.977 bits per heavy atom. The molecule has 1 saturated carbocycles. The van der Waals surface area contributed by atoms with E-state index in [1.807, 2.05) is 0 Å². The van der Waals surface area contributed by atoms with E-state index in [2.05, 4.69) is 40.8 Å². The lowest BCUT2D eigenvalue weighted by Gasteiger charge is -2.43. The molecule has 0 amide bonds. The molecular formula is C35H43F4NO2Si. The lowest BCUT2D eigenvalue weighted by molar-refractivity contribution is -0.137. The highest BCUT2D eigenvalue weighted by Gasteiger charge is 2.43. The van der Waals surface area contributed by atoms with Gasteiger partial charge in [-0.1, -0.05) is 64.8 Å². The average molecular weight is 614 g/mol. The number of alkyl halides is 3. The van der Waals surface area contributed by atoms with Crippen molar-refractivity contribution in [2.24, 2.45) is 5.41 Å². The molecule has 2 aliphatic carbocycles. The van der Waals surface area contributed by atoms with Crippen molar-refractivity contribution in [1.29, 1.82) is 0 Å². The molecule has 1 fully saturated rings. The van der Waals surface area contributed by atoms with E-state index in [0.29, 0.717) is 16.7 Å². The van der Waals surface area contributed by atoms with Crippen LogP contribution in [0.15, 0.2) is 48.5 Å². The minimum atomic E-state index is -4.48. The molecule has 3 nitrogen and oxygen atoms in total. The van der Waals surface area contributed by atoms with Crippen molar-refractivity contribution in [2.75, 3.05) is 0 Å². The molecule has 2 unspecified atom stereocenters. The smallest absolute Gasteiger partial charge is 0.410 e. The summed E-state index contributed by atoms with van der Waals surface area (Å²) in [6.45, 7) is 13.3. The Morgan fingerprint density at radius 3 is 2.14 bits per heavy atom. The second-order valence-corrected chi connectivity index (χ2v) is 18.7. The highest BCUT2D eigenvalue weighted by Crippen LogP contribution is 2.52. The Kier molecular flexibility index (Phi) is 8.71. The summed E-state index contributed by atoms with van der Waals surface area (Å²) in [5, 5.41) is 12.1. The van der Waals surface area contributed by atoms with Gasteiger partial charge in [-0.05, 0) is 90.7 Å². The standard InChI is InChI=1S/C35H43F4NO2Si/c1-21(2)43(5,6)42-28-20-34(3,4)19-27-30(28)29(22-13-17-26(36)18-14-22)31(32(40-27)23-9-7-8-10-23)33(41)24-11-15-25(16-12-24)35(37,38)39/h11-18,21,23,28,33,41H,7-10,19-20H2,1-6H3. The van der Waals surface area contributed by atoms with Crippen LogP contribution in [0.2, 0.25) is 18.6 Å². The third-order valence-corrected chi connectivity index (χ3v) is 13.3. The molecule has 0 bridgehead atoms. The van der Waals surface area contributed by atoms with Crippen LogP contribution >= 0.6 is 0 Å². The predicted octanol–water partition coefficient (Wildman–Crippen LogP) is 10.3. The zero-order valence-electron chi connectivity index (χ0n) is 26.0. The molecule has 2 aliphatic rings. The van der Waals surface area contributed by atoms with Gasteiger partial charge in [0.05, 0.1) is 17.4 Å². The highest BCUT2D eigenvalue weighted by atomic mass is 28.4. The predicted molar refractivity (Wildman–Crippen MR) is 165 cm³/mol. The second-order valence-electron chi connectivity index (χ2n) is 14.1. The lowest BCUT2D eigenvalue weighted by Crippen LogP contribution is -2.39. The van der Waals surface area contributed by atoms with Crippen LogP contribution in [-0.2, 0) is 17.0 Å². The van der Waals surface area contributed by atoms with E-state index in [-0.39, 0.29) is 23.3 Å². The minimum Gasteiger partial charge on any atom is -0.410 e. The summed E-state index contributed by atoms with van der Waals surface area (Å²) >= 11 is 0. The summed E-state index contributed by atoms with van der Waals surface area (Å²) in [6, 6.07) is 11.0. The van der Waals surface area contributed by atoms with Crippen LogP contribution in [-0.4, -0.2) is 18.4 Å². The minimum absolute atomic E-state index is 0.0767. The Bertz CT molecular complexity index is 1440. The third kappa shape index (κ3) is 6.61. The van der Waals surface area contributed by atoms with Crippen LogP contribution in [0.4, 0.5) is 17.6 Å². The molecule has 0 aliphatic heterocycles. The van der Waals surface area contributed by atoms with Crippen LogP contribution in [0.25, 0.3) is 11.1 Å². The van der Waals surface area contributed by atoms with Crippen LogP contribution in [0.1, 0.15) is 112 Å². The average Bonchev–Trinajstić information content (AvgIpc) is 3.46. The molecule has 5 rings (SSSR count). The van der Waals surface area contributed by atoms with Gasteiger partial charge in [-0.15, -0.1) is 0 Å². The van der Waals surface area contributed by atoms with Gasteiger partial charge >= 0.3 is 6.18 Å².